The van der Waals surface area contributed by atoms with Gasteiger partial charge in [-0.2, -0.15) is 0 Å². The molecular weight excluding hydrogens is 266 g/mol. The van der Waals surface area contributed by atoms with Crippen LogP contribution in [0.1, 0.15) is 25.0 Å². The molecule has 4 nitrogen and oxygen atoms in total. The molecule has 0 saturated carbocycles. The van der Waals surface area contributed by atoms with Gasteiger partial charge in [0.05, 0.1) is 18.8 Å². The average Bonchev–Trinajstić information content (AvgIpc) is 2.91. The maximum atomic E-state index is 12.3. The van der Waals surface area contributed by atoms with E-state index in [1.807, 2.05) is 37.0 Å². The number of amides is 1. The van der Waals surface area contributed by atoms with Crippen LogP contribution in [0.2, 0.25) is 0 Å². The molecule has 0 radical (unpaired) electrons. The third-order valence-electron chi connectivity index (χ3n) is 3.86. The summed E-state index contributed by atoms with van der Waals surface area (Å²) in [6, 6.07) is 6.06. The zero-order valence-corrected chi connectivity index (χ0v) is 12.5. The van der Waals surface area contributed by atoms with Crippen LogP contribution in [0.5, 0.6) is 5.75 Å². The summed E-state index contributed by atoms with van der Waals surface area (Å²) >= 11 is 0. The Hall–Kier alpha value is -1.81. The smallest absolute Gasteiger partial charge is 0.246 e. The number of nitrogens with zero attached hydrogens (tertiary/aromatic N) is 1. The monoisotopic (exact) mass is 287 g/mol. The highest BCUT2D eigenvalue weighted by Gasteiger charge is 2.24. The lowest BCUT2D eigenvalue weighted by Gasteiger charge is -2.34. The van der Waals surface area contributed by atoms with Gasteiger partial charge in [0.25, 0.3) is 0 Å². The molecule has 3 rings (SSSR count). The first kappa shape index (κ1) is 14.1. The number of hydrogen-bond donors (Lipinski definition) is 0. The van der Waals surface area contributed by atoms with E-state index in [1.165, 1.54) is 5.56 Å². The fraction of sp³-hybridized carbons (Fsp3) is 0.471. The summed E-state index contributed by atoms with van der Waals surface area (Å²) in [4.78, 5) is 14.1. The van der Waals surface area contributed by atoms with Gasteiger partial charge in [0.15, 0.2) is 0 Å². The summed E-state index contributed by atoms with van der Waals surface area (Å²) in [6.45, 7) is 6.07. The Balaban J connectivity index is 1.66. The first-order valence-corrected chi connectivity index (χ1v) is 7.50. The fourth-order valence-electron chi connectivity index (χ4n) is 2.94. The third kappa shape index (κ3) is 3.27. The van der Waals surface area contributed by atoms with E-state index in [0.29, 0.717) is 13.1 Å². The molecule has 1 fully saturated rings. The van der Waals surface area contributed by atoms with Crippen molar-refractivity contribution in [1.29, 1.82) is 0 Å². The minimum atomic E-state index is 0.0498. The average molecular weight is 287 g/mol. The number of benzene rings is 1. The molecule has 2 heterocycles. The van der Waals surface area contributed by atoms with E-state index < -0.39 is 0 Å². The molecule has 2 aliphatic rings. The van der Waals surface area contributed by atoms with E-state index >= 15 is 0 Å². The van der Waals surface area contributed by atoms with E-state index in [-0.39, 0.29) is 18.1 Å². The second kappa shape index (κ2) is 5.90. The van der Waals surface area contributed by atoms with Crippen LogP contribution in [-0.2, 0) is 16.0 Å². The molecule has 21 heavy (non-hydrogen) atoms. The molecule has 4 heteroatoms. The molecular formula is C17H21NO3. The molecule has 0 unspecified atom stereocenters. The highest BCUT2D eigenvalue weighted by atomic mass is 16.5. The third-order valence-corrected chi connectivity index (χ3v) is 3.86. The molecule has 0 bridgehead atoms. The van der Waals surface area contributed by atoms with E-state index in [1.54, 1.807) is 6.08 Å². The zero-order valence-electron chi connectivity index (χ0n) is 12.5. The predicted molar refractivity (Wildman–Crippen MR) is 81.3 cm³/mol. The molecule has 0 aliphatic carbocycles. The maximum absolute atomic E-state index is 12.3. The van der Waals surface area contributed by atoms with Crippen LogP contribution in [0.25, 0.3) is 6.08 Å². The van der Waals surface area contributed by atoms with Gasteiger partial charge in [0.1, 0.15) is 5.75 Å². The molecule has 0 spiro atoms. The second-order valence-corrected chi connectivity index (χ2v) is 5.80. The number of morpholine rings is 1. The largest absolute Gasteiger partial charge is 0.493 e. The van der Waals surface area contributed by atoms with Crippen LogP contribution in [-0.4, -0.2) is 42.7 Å². The summed E-state index contributed by atoms with van der Waals surface area (Å²) in [5.74, 6) is 1.02. The van der Waals surface area contributed by atoms with Crippen molar-refractivity contribution in [3.05, 3.63) is 35.4 Å². The lowest BCUT2D eigenvalue weighted by atomic mass is 10.1. The Morgan fingerprint density at radius 2 is 2.05 bits per heavy atom. The predicted octanol–water partition coefficient (Wildman–Crippen LogP) is 2.27. The van der Waals surface area contributed by atoms with Crippen molar-refractivity contribution < 1.29 is 14.3 Å². The van der Waals surface area contributed by atoms with Crippen molar-refractivity contribution in [2.24, 2.45) is 0 Å². The minimum absolute atomic E-state index is 0.0498. The van der Waals surface area contributed by atoms with E-state index in [9.17, 15) is 4.79 Å². The minimum Gasteiger partial charge on any atom is -0.493 e. The standard InChI is InChI=1S/C17H21NO3/c1-12-10-18(11-13(2)21-12)17(19)6-4-14-3-5-16-15(9-14)7-8-20-16/h3-6,9,12-13H,7-8,10-11H2,1-2H3/b6-4+/t12-,13-/m0/s1. The van der Waals surface area contributed by atoms with Crippen molar-refractivity contribution in [2.75, 3.05) is 19.7 Å². The molecule has 1 aromatic carbocycles. The Labute approximate surface area is 125 Å². The quantitative estimate of drug-likeness (QED) is 0.783. The summed E-state index contributed by atoms with van der Waals surface area (Å²) in [6.07, 6.45) is 4.68. The Morgan fingerprint density at radius 1 is 1.29 bits per heavy atom. The molecule has 1 amide bonds. The topological polar surface area (TPSA) is 38.8 Å². The van der Waals surface area contributed by atoms with Crippen molar-refractivity contribution in [2.45, 2.75) is 32.5 Å². The van der Waals surface area contributed by atoms with Crippen molar-refractivity contribution in [3.63, 3.8) is 0 Å². The molecule has 1 aromatic rings. The normalized spacial score (nSPS) is 25.0. The first-order chi connectivity index (χ1) is 10.1. The number of carbonyl (C=O) groups excluding carboxylic acids is 1. The molecule has 112 valence electrons. The van der Waals surface area contributed by atoms with Crippen LogP contribution >= 0.6 is 0 Å². The van der Waals surface area contributed by atoms with Crippen molar-refractivity contribution in [1.82, 2.24) is 4.90 Å². The van der Waals surface area contributed by atoms with E-state index in [4.69, 9.17) is 9.47 Å². The van der Waals surface area contributed by atoms with Crippen LogP contribution in [0.4, 0.5) is 0 Å². The number of rotatable bonds is 2. The van der Waals surface area contributed by atoms with Gasteiger partial charge >= 0.3 is 0 Å². The Kier molecular flexibility index (Phi) is 3.97. The summed E-state index contributed by atoms with van der Waals surface area (Å²) in [7, 11) is 0. The molecule has 0 N–H and O–H groups in total. The number of ether oxygens (including phenoxy) is 2. The molecule has 2 atom stereocenters. The lowest BCUT2D eigenvalue weighted by Crippen LogP contribution is -2.47. The van der Waals surface area contributed by atoms with Crippen LogP contribution in [0, 0.1) is 0 Å². The summed E-state index contributed by atoms with van der Waals surface area (Å²) < 4.78 is 11.1. The van der Waals surface area contributed by atoms with E-state index in [0.717, 1.165) is 24.3 Å². The van der Waals surface area contributed by atoms with Gasteiger partial charge in [-0.05, 0) is 43.2 Å². The van der Waals surface area contributed by atoms with Crippen LogP contribution < -0.4 is 4.74 Å². The van der Waals surface area contributed by atoms with Crippen molar-refractivity contribution in [3.8, 4) is 5.75 Å². The first-order valence-electron chi connectivity index (χ1n) is 7.50. The SMILES string of the molecule is C[C@H]1CN(C(=O)/C=C/c2ccc3c(c2)CCO3)C[C@H](C)O1. The lowest BCUT2D eigenvalue weighted by molar-refractivity contribution is -0.137. The maximum Gasteiger partial charge on any atom is 0.246 e. The molecule has 0 aromatic heterocycles. The van der Waals surface area contributed by atoms with E-state index in [2.05, 4.69) is 6.07 Å². The van der Waals surface area contributed by atoms with Crippen LogP contribution in [0.3, 0.4) is 0 Å². The molecule has 1 saturated heterocycles. The fourth-order valence-corrected chi connectivity index (χ4v) is 2.94. The number of carbonyl (C=O) groups is 1. The van der Waals surface area contributed by atoms with Crippen molar-refractivity contribution >= 4 is 12.0 Å². The summed E-state index contributed by atoms with van der Waals surface area (Å²) in [5, 5.41) is 0. The van der Waals surface area contributed by atoms with Gasteiger partial charge in [-0.1, -0.05) is 6.07 Å². The second-order valence-electron chi connectivity index (χ2n) is 5.80. The number of hydrogen-bond acceptors (Lipinski definition) is 3. The van der Waals surface area contributed by atoms with Gasteiger partial charge in [0.2, 0.25) is 5.91 Å². The van der Waals surface area contributed by atoms with Crippen LogP contribution in [0.15, 0.2) is 24.3 Å². The van der Waals surface area contributed by atoms with Gasteiger partial charge in [-0.15, -0.1) is 0 Å². The number of fused-ring (bicyclic) bond motifs is 1. The molecule has 2 aliphatic heterocycles. The Bertz CT molecular complexity index is 557. The van der Waals surface area contributed by atoms with Gasteiger partial charge in [0, 0.05) is 25.6 Å². The highest BCUT2D eigenvalue weighted by molar-refractivity contribution is 5.92. The van der Waals surface area contributed by atoms with Gasteiger partial charge in [-0.3, -0.25) is 4.79 Å². The highest BCUT2D eigenvalue weighted by Crippen LogP contribution is 2.26. The van der Waals surface area contributed by atoms with Gasteiger partial charge < -0.3 is 14.4 Å². The zero-order chi connectivity index (χ0) is 14.8. The Morgan fingerprint density at radius 3 is 2.81 bits per heavy atom. The van der Waals surface area contributed by atoms with Gasteiger partial charge in [-0.25, -0.2) is 0 Å². The summed E-state index contributed by atoms with van der Waals surface area (Å²) in [5.41, 5.74) is 2.26.